The third-order valence-corrected chi connectivity index (χ3v) is 4.96. The van der Waals surface area contributed by atoms with Crippen LogP contribution in [-0.2, 0) is 0 Å². The number of rotatable bonds is 3. The summed E-state index contributed by atoms with van der Waals surface area (Å²) < 4.78 is 1.17. The molecule has 1 aromatic carbocycles. The van der Waals surface area contributed by atoms with E-state index in [9.17, 15) is 0 Å². The predicted octanol–water partition coefficient (Wildman–Crippen LogP) is 3.19. The van der Waals surface area contributed by atoms with Gasteiger partial charge in [-0.15, -0.1) is 0 Å². The van der Waals surface area contributed by atoms with Gasteiger partial charge in [0.1, 0.15) is 0 Å². The Labute approximate surface area is 118 Å². The van der Waals surface area contributed by atoms with Crippen LogP contribution >= 0.6 is 15.9 Å². The van der Waals surface area contributed by atoms with Gasteiger partial charge >= 0.3 is 0 Å². The fourth-order valence-corrected chi connectivity index (χ4v) is 3.76. The standard InChI is InChI=1S/C15H21BrN2/c1-11(13-3-2-4-14(16)9-13)17-15-10-18-7-5-12(15)6-8-18/h2-4,9,11-12,15,17H,5-8,10H2,1H3. The minimum atomic E-state index is 0.438. The normalized spacial score (nSPS) is 32.4. The van der Waals surface area contributed by atoms with E-state index in [-0.39, 0.29) is 0 Å². The minimum absolute atomic E-state index is 0.438. The summed E-state index contributed by atoms with van der Waals surface area (Å²) in [6.07, 6.45) is 2.76. The molecule has 1 N–H and O–H groups in total. The lowest BCUT2D eigenvalue weighted by molar-refractivity contribution is 0.0680. The maximum absolute atomic E-state index is 3.83. The van der Waals surface area contributed by atoms with Crippen molar-refractivity contribution in [2.24, 2.45) is 5.92 Å². The topological polar surface area (TPSA) is 15.3 Å². The summed E-state index contributed by atoms with van der Waals surface area (Å²) in [6, 6.07) is 9.76. The van der Waals surface area contributed by atoms with Crippen molar-refractivity contribution >= 4 is 15.9 Å². The SMILES string of the molecule is CC(NC1CN2CCC1CC2)c1cccc(Br)c1. The van der Waals surface area contributed by atoms with Gasteiger partial charge in [0.15, 0.2) is 0 Å². The van der Waals surface area contributed by atoms with Gasteiger partial charge in [0, 0.05) is 23.1 Å². The molecule has 2 unspecified atom stereocenters. The van der Waals surface area contributed by atoms with Crippen LogP contribution in [0.5, 0.6) is 0 Å². The average molecular weight is 309 g/mol. The zero-order valence-corrected chi connectivity index (χ0v) is 12.5. The number of hydrogen-bond donors (Lipinski definition) is 1. The summed E-state index contributed by atoms with van der Waals surface area (Å²) in [7, 11) is 0. The first-order valence-electron chi connectivity index (χ1n) is 6.96. The lowest BCUT2D eigenvalue weighted by atomic mass is 9.83. The molecular formula is C15H21BrN2. The molecule has 3 aliphatic heterocycles. The van der Waals surface area contributed by atoms with Gasteiger partial charge in [-0.1, -0.05) is 28.1 Å². The van der Waals surface area contributed by atoms with Gasteiger partial charge in [-0.2, -0.15) is 0 Å². The van der Waals surface area contributed by atoms with Gasteiger partial charge in [-0.25, -0.2) is 0 Å². The summed E-state index contributed by atoms with van der Waals surface area (Å²) in [5, 5.41) is 3.83. The maximum Gasteiger partial charge on any atom is 0.0295 e. The van der Waals surface area contributed by atoms with Crippen molar-refractivity contribution in [3.63, 3.8) is 0 Å². The van der Waals surface area contributed by atoms with Gasteiger partial charge in [0.2, 0.25) is 0 Å². The van der Waals surface area contributed by atoms with E-state index < -0.39 is 0 Å². The lowest BCUT2D eigenvalue weighted by Gasteiger charge is -2.46. The first kappa shape index (κ1) is 12.6. The van der Waals surface area contributed by atoms with E-state index in [0.29, 0.717) is 12.1 Å². The van der Waals surface area contributed by atoms with E-state index in [1.54, 1.807) is 0 Å². The Morgan fingerprint density at radius 3 is 2.72 bits per heavy atom. The predicted molar refractivity (Wildman–Crippen MR) is 78.6 cm³/mol. The Morgan fingerprint density at radius 2 is 2.11 bits per heavy atom. The maximum atomic E-state index is 3.83. The number of nitrogens with one attached hydrogen (secondary N) is 1. The summed E-state index contributed by atoms with van der Waals surface area (Å²) >= 11 is 3.55. The third-order valence-electron chi connectivity index (χ3n) is 4.47. The van der Waals surface area contributed by atoms with E-state index in [2.05, 4.69) is 57.3 Å². The molecule has 98 valence electrons. The highest BCUT2D eigenvalue weighted by Crippen LogP contribution is 2.29. The Morgan fingerprint density at radius 1 is 1.33 bits per heavy atom. The monoisotopic (exact) mass is 308 g/mol. The Kier molecular flexibility index (Phi) is 3.73. The zero-order valence-electron chi connectivity index (χ0n) is 10.9. The first-order valence-corrected chi connectivity index (χ1v) is 7.75. The number of halogens is 1. The van der Waals surface area contributed by atoms with Crippen molar-refractivity contribution in [1.29, 1.82) is 0 Å². The second kappa shape index (κ2) is 5.32. The summed E-state index contributed by atoms with van der Waals surface area (Å²) in [5.41, 5.74) is 1.38. The molecule has 2 nitrogen and oxygen atoms in total. The number of fused-ring (bicyclic) bond motifs is 3. The van der Waals surface area contributed by atoms with Crippen LogP contribution in [0.25, 0.3) is 0 Å². The molecule has 3 heterocycles. The van der Waals surface area contributed by atoms with E-state index in [1.165, 1.54) is 42.5 Å². The number of benzene rings is 1. The second-order valence-electron chi connectivity index (χ2n) is 5.69. The molecule has 3 saturated heterocycles. The summed E-state index contributed by atoms with van der Waals surface area (Å²) in [4.78, 5) is 2.60. The highest BCUT2D eigenvalue weighted by Gasteiger charge is 2.34. The van der Waals surface area contributed by atoms with Crippen LogP contribution < -0.4 is 5.32 Å². The van der Waals surface area contributed by atoms with E-state index in [0.717, 1.165) is 5.92 Å². The molecule has 2 bridgehead atoms. The molecule has 3 aliphatic rings. The molecule has 0 saturated carbocycles. The summed E-state index contributed by atoms with van der Waals surface area (Å²) in [5.74, 6) is 0.893. The molecule has 4 rings (SSSR count). The van der Waals surface area contributed by atoms with Crippen LogP contribution in [0.4, 0.5) is 0 Å². The van der Waals surface area contributed by atoms with Gasteiger partial charge in [0.05, 0.1) is 0 Å². The fraction of sp³-hybridized carbons (Fsp3) is 0.600. The molecule has 0 aliphatic carbocycles. The highest BCUT2D eigenvalue weighted by molar-refractivity contribution is 9.10. The molecule has 0 amide bonds. The molecule has 18 heavy (non-hydrogen) atoms. The quantitative estimate of drug-likeness (QED) is 0.922. The Balaban J connectivity index is 1.66. The number of piperidine rings is 3. The largest absolute Gasteiger partial charge is 0.306 e. The van der Waals surface area contributed by atoms with Crippen molar-refractivity contribution in [2.45, 2.75) is 31.8 Å². The smallest absolute Gasteiger partial charge is 0.0295 e. The van der Waals surface area contributed by atoms with Crippen LogP contribution in [0.1, 0.15) is 31.4 Å². The molecule has 0 radical (unpaired) electrons. The van der Waals surface area contributed by atoms with E-state index >= 15 is 0 Å². The molecule has 1 aromatic rings. The fourth-order valence-electron chi connectivity index (χ4n) is 3.35. The Bertz CT molecular complexity index is 413. The number of hydrogen-bond acceptors (Lipinski definition) is 2. The molecule has 3 fully saturated rings. The third kappa shape index (κ3) is 2.63. The van der Waals surface area contributed by atoms with Crippen molar-refractivity contribution in [3.05, 3.63) is 34.3 Å². The van der Waals surface area contributed by atoms with Crippen LogP contribution in [-0.4, -0.2) is 30.6 Å². The molecule has 2 atom stereocenters. The average Bonchev–Trinajstić information content (AvgIpc) is 2.40. The van der Waals surface area contributed by atoms with E-state index in [1.807, 2.05) is 0 Å². The van der Waals surface area contributed by atoms with Gasteiger partial charge in [-0.05, 0) is 56.5 Å². The molecular weight excluding hydrogens is 288 g/mol. The van der Waals surface area contributed by atoms with E-state index in [4.69, 9.17) is 0 Å². The highest BCUT2D eigenvalue weighted by atomic mass is 79.9. The van der Waals surface area contributed by atoms with Crippen LogP contribution in [0, 0.1) is 5.92 Å². The van der Waals surface area contributed by atoms with Crippen LogP contribution in [0.3, 0.4) is 0 Å². The summed E-state index contributed by atoms with van der Waals surface area (Å²) in [6.45, 7) is 6.14. The van der Waals surface area contributed by atoms with Gasteiger partial charge < -0.3 is 10.2 Å². The van der Waals surface area contributed by atoms with Gasteiger partial charge in [0.25, 0.3) is 0 Å². The Hall–Kier alpha value is -0.380. The first-order chi connectivity index (χ1) is 8.72. The number of nitrogens with zero attached hydrogens (tertiary/aromatic N) is 1. The molecule has 3 heteroatoms. The van der Waals surface area contributed by atoms with Crippen molar-refractivity contribution in [3.8, 4) is 0 Å². The second-order valence-corrected chi connectivity index (χ2v) is 6.60. The van der Waals surface area contributed by atoms with Crippen molar-refractivity contribution in [2.75, 3.05) is 19.6 Å². The minimum Gasteiger partial charge on any atom is -0.306 e. The zero-order chi connectivity index (χ0) is 12.5. The van der Waals surface area contributed by atoms with Crippen molar-refractivity contribution < 1.29 is 0 Å². The molecule has 0 spiro atoms. The van der Waals surface area contributed by atoms with Gasteiger partial charge in [-0.3, -0.25) is 0 Å². The van der Waals surface area contributed by atoms with Crippen LogP contribution in [0.15, 0.2) is 28.7 Å². The lowest BCUT2D eigenvalue weighted by Crippen LogP contribution is -2.56. The van der Waals surface area contributed by atoms with Crippen molar-refractivity contribution in [1.82, 2.24) is 10.2 Å². The molecule has 0 aromatic heterocycles. The van der Waals surface area contributed by atoms with Crippen LogP contribution in [0.2, 0.25) is 0 Å².